The van der Waals surface area contributed by atoms with E-state index < -0.39 is 0 Å². The van der Waals surface area contributed by atoms with E-state index >= 15 is 0 Å². The maximum Gasteiger partial charge on any atom is 0.191 e. The van der Waals surface area contributed by atoms with Crippen molar-refractivity contribution in [1.82, 2.24) is 15.5 Å². The number of likely N-dealkylation sites (N-methyl/N-ethyl adjacent to an activating group) is 1. The molecular weight excluding hydrogens is 431 g/mol. The number of hydrogen-bond acceptors (Lipinski definition) is 3. The van der Waals surface area contributed by atoms with E-state index in [4.69, 9.17) is 0 Å². The Bertz CT molecular complexity index is 372. The SMILES string of the molecule is CN=C(NCC(C1CCCCC1)N(C)C)NC1CCC(SC)C1.I. The second-order valence-corrected chi connectivity index (χ2v) is 8.53. The van der Waals surface area contributed by atoms with E-state index in [0.29, 0.717) is 12.1 Å². The van der Waals surface area contributed by atoms with E-state index in [2.05, 4.69) is 40.9 Å². The van der Waals surface area contributed by atoms with Gasteiger partial charge in [-0.2, -0.15) is 11.8 Å². The van der Waals surface area contributed by atoms with Gasteiger partial charge in [-0.25, -0.2) is 0 Å². The third kappa shape index (κ3) is 6.90. The van der Waals surface area contributed by atoms with Crippen molar-refractivity contribution in [3.05, 3.63) is 0 Å². The Balaban J connectivity index is 0.00000288. The molecule has 142 valence electrons. The largest absolute Gasteiger partial charge is 0.355 e. The van der Waals surface area contributed by atoms with Crippen LogP contribution in [0.1, 0.15) is 51.4 Å². The molecule has 2 fully saturated rings. The van der Waals surface area contributed by atoms with Gasteiger partial charge in [0.1, 0.15) is 0 Å². The third-order valence-electron chi connectivity index (χ3n) is 5.62. The molecule has 2 N–H and O–H groups in total. The number of guanidine groups is 1. The number of aliphatic imine (C=N–C) groups is 1. The number of nitrogens with zero attached hydrogens (tertiary/aromatic N) is 2. The van der Waals surface area contributed by atoms with Crippen LogP contribution in [0.15, 0.2) is 4.99 Å². The first-order valence-electron chi connectivity index (χ1n) is 9.30. The summed E-state index contributed by atoms with van der Waals surface area (Å²) in [4.78, 5) is 6.85. The topological polar surface area (TPSA) is 39.7 Å². The van der Waals surface area contributed by atoms with Gasteiger partial charge in [0.2, 0.25) is 0 Å². The Kier molecular flexibility index (Phi) is 11.0. The number of rotatable bonds is 6. The minimum absolute atomic E-state index is 0. The molecule has 24 heavy (non-hydrogen) atoms. The monoisotopic (exact) mass is 468 g/mol. The van der Waals surface area contributed by atoms with E-state index in [1.165, 1.54) is 51.4 Å². The molecule has 0 aromatic heterocycles. The second-order valence-electron chi connectivity index (χ2n) is 7.39. The van der Waals surface area contributed by atoms with Gasteiger partial charge >= 0.3 is 0 Å². The number of nitrogens with one attached hydrogen (secondary N) is 2. The van der Waals surface area contributed by atoms with Crippen molar-refractivity contribution < 1.29 is 0 Å². The van der Waals surface area contributed by atoms with Gasteiger partial charge in [0, 0.05) is 30.9 Å². The van der Waals surface area contributed by atoms with Crippen molar-refractivity contribution in [2.45, 2.75) is 68.7 Å². The standard InChI is InChI=1S/C18H36N4S.HI/c1-19-18(21-15-10-11-16(12-15)23-4)20-13-17(22(2)3)14-8-6-5-7-9-14;/h14-17H,5-13H2,1-4H3,(H2,19,20,21);1H. The highest BCUT2D eigenvalue weighted by molar-refractivity contribution is 14.0. The van der Waals surface area contributed by atoms with Gasteiger partial charge in [-0.3, -0.25) is 4.99 Å². The van der Waals surface area contributed by atoms with Gasteiger partial charge in [0.25, 0.3) is 0 Å². The lowest BCUT2D eigenvalue weighted by Gasteiger charge is -2.35. The molecule has 3 atom stereocenters. The third-order valence-corrected chi connectivity index (χ3v) is 6.71. The van der Waals surface area contributed by atoms with Crippen molar-refractivity contribution in [2.75, 3.05) is 33.9 Å². The number of halogens is 1. The van der Waals surface area contributed by atoms with Crippen LogP contribution in [0.5, 0.6) is 0 Å². The van der Waals surface area contributed by atoms with Crippen molar-refractivity contribution in [3.63, 3.8) is 0 Å². The molecular formula is C18H37IN4S. The lowest BCUT2D eigenvalue weighted by molar-refractivity contribution is 0.171. The van der Waals surface area contributed by atoms with Crippen molar-refractivity contribution >= 4 is 41.7 Å². The van der Waals surface area contributed by atoms with Gasteiger partial charge in [0.15, 0.2) is 5.96 Å². The Morgan fingerprint density at radius 1 is 1.17 bits per heavy atom. The first-order chi connectivity index (χ1) is 11.1. The fraction of sp³-hybridized carbons (Fsp3) is 0.944. The highest BCUT2D eigenvalue weighted by Gasteiger charge is 2.27. The molecule has 0 heterocycles. The maximum atomic E-state index is 4.45. The highest BCUT2D eigenvalue weighted by Crippen LogP contribution is 2.29. The maximum absolute atomic E-state index is 4.45. The molecule has 4 nitrogen and oxygen atoms in total. The van der Waals surface area contributed by atoms with Crippen molar-refractivity contribution in [2.24, 2.45) is 10.9 Å². The molecule has 2 aliphatic carbocycles. The predicted molar refractivity (Wildman–Crippen MR) is 119 cm³/mol. The zero-order chi connectivity index (χ0) is 16.7. The summed E-state index contributed by atoms with van der Waals surface area (Å²) in [5.74, 6) is 1.82. The Labute approximate surface area is 170 Å². The van der Waals surface area contributed by atoms with Crippen LogP contribution < -0.4 is 10.6 Å². The average Bonchev–Trinajstić information content (AvgIpc) is 3.02. The molecule has 0 amide bonds. The molecule has 3 unspecified atom stereocenters. The average molecular weight is 468 g/mol. The summed E-state index contributed by atoms with van der Waals surface area (Å²) in [5.41, 5.74) is 0. The molecule has 0 radical (unpaired) electrons. The molecule has 0 saturated heterocycles. The van der Waals surface area contributed by atoms with Gasteiger partial charge in [0.05, 0.1) is 0 Å². The lowest BCUT2D eigenvalue weighted by Crippen LogP contribution is -2.50. The predicted octanol–water partition coefficient (Wildman–Crippen LogP) is 3.56. The van der Waals surface area contributed by atoms with E-state index in [9.17, 15) is 0 Å². The minimum Gasteiger partial charge on any atom is -0.355 e. The first-order valence-corrected chi connectivity index (χ1v) is 10.6. The Morgan fingerprint density at radius 2 is 1.88 bits per heavy atom. The Hall–Kier alpha value is 0.310. The summed E-state index contributed by atoms with van der Waals surface area (Å²) >= 11 is 2.00. The van der Waals surface area contributed by atoms with Crippen LogP contribution in [0.2, 0.25) is 0 Å². The number of hydrogen-bond donors (Lipinski definition) is 2. The highest BCUT2D eigenvalue weighted by atomic mass is 127. The summed E-state index contributed by atoms with van der Waals surface area (Å²) in [6.07, 6.45) is 13.1. The van der Waals surface area contributed by atoms with E-state index in [1.54, 1.807) is 0 Å². The summed E-state index contributed by atoms with van der Waals surface area (Å²) in [7, 11) is 6.33. The smallest absolute Gasteiger partial charge is 0.191 e. The summed E-state index contributed by atoms with van der Waals surface area (Å²) < 4.78 is 0. The normalized spacial score (nSPS) is 27.0. The van der Waals surface area contributed by atoms with Crippen LogP contribution in [0, 0.1) is 5.92 Å². The minimum atomic E-state index is 0. The molecule has 0 aromatic rings. The molecule has 0 aromatic carbocycles. The molecule has 2 saturated carbocycles. The Morgan fingerprint density at radius 3 is 2.42 bits per heavy atom. The van der Waals surface area contributed by atoms with Crippen LogP contribution in [0.25, 0.3) is 0 Å². The van der Waals surface area contributed by atoms with Gasteiger partial charge < -0.3 is 15.5 Å². The van der Waals surface area contributed by atoms with Crippen LogP contribution in [-0.2, 0) is 0 Å². The molecule has 2 rings (SSSR count). The number of thioether (sulfide) groups is 1. The van der Waals surface area contributed by atoms with Gasteiger partial charge in [-0.05, 0) is 58.4 Å². The molecule has 6 heteroatoms. The lowest BCUT2D eigenvalue weighted by atomic mass is 9.83. The quantitative estimate of drug-likeness (QED) is 0.355. The van der Waals surface area contributed by atoms with Crippen LogP contribution in [0.4, 0.5) is 0 Å². The van der Waals surface area contributed by atoms with E-state index in [0.717, 1.165) is 23.7 Å². The zero-order valence-corrected chi connectivity index (χ0v) is 19.0. The van der Waals surface area contributed by atoms with E-state index in [-0.39, 0.29) is 24.0 Å². The van der Waals surface area contributed by atoms with Gasteiger partial charge in [-0.1, -0.05) is 19.3 Å². The fourth-order valence-electron chi connectivity index (χ4n) is 4.16. The zero-order valence-electron chi connectivity index (χ0n) is 15.9. The van der Waals surface area contributed by atoms with Crippen LogP contribution in [0.3, 0.4) is 0 Å². The van der Waals surface area contributed by atoms with E-state index in [1.807, 2.05) is 18.8 Å². The van der Waals surface area contributed by atoms with Crippen LogP contribution in [-0.4, -0.2) is 62.1 Å². The second kappa shape index (κ2) is 11.8. The first kappa shape index (κ1) is 22.4. The molecule has 0 spiro atoms. The molecule has 0 aliphatic heterocycles. The van der Waals surface area contributed by atoms with Crippen LogP contribution >= 0.6 is 35.7 Å². The summed E-state index contributed by atoms with van der Waals surface area (Å²) in [6.45, 7) is 0.996. The van der Waals surface area contributed by atoms with Gasteiger partial charge in [-0.15, -0.1) is 24.0 Å². The molecule has 2 aliphatic rings. The molecule has 0 bridgehead atoms. The summed E-state index contributed by atoms with van der Waals surface area (Å²) in [6, 6.07) is 1.20. The van der Waals surface area contributed by atoms with Crippen molar-refractivity contribution in [1.29, 1.82) is 0 Å². The fourth-order valence-corrected chi connectivity index (χ4v) is 4.96. The van der Waals surface area contributed by atoms with Crippen molar-refractivity contribution in [3.8, 4) is 0 Å². The summed E-state index contributed by atoms with van der Waals surface area (Å²) in [5, 5.41) is 8.05.